The third kappa shape index (κ3) is 3.17. The van der Waals surface area contributed by atoms with Crippen LogP contribution in [0, 0.1) is 5.82 Å². The van der Waals surface area contributed by atoms with Crippen LogP contribution >= 0.6 is 15.9 Å². The second kappa shape index (κ2) is 6.36. The van der Waals surface area contributed by atoms with Gasteiger partial charge in [-0.25, -0.2) is 9.18 Å². The number of fused-ring (bicyclic) bond motifs is 1. The highest BCUT2D eigenvalue weighted by Gasteiger charge is 2.17. The van der Waals surface area contributed by atoms with Gasteiger partial charge in [0, 0.05) is 10.0 Å². The van der Waals surface area contributed by atoms with E-state index in [0.717, 1.165) is 10.0 Å². The highest BCUT2D eigenvalue weighted by atomic mass is 79.9. The molecule has 0 unspecified atom stereocenters. The molecule has 0 bridgehead atoms. The van der Waals surface area contributed by atoms with Gasteiger partial charge in [0.15, 0.2) is 11.5 Å². The third-order valence-electron chi connectivity index (χ3n) is 3.73. The minimum Gasteiger partial charge on any atom is -0.486 e. The lowest BCUT2D eigenvalue weighted by Crippen LogP contribution is -2.18. The molecule has 128 valence electrons. The third-order valence-corrected chi connectivity index (χ3v) is 4.47. The molecule has 0 N–H and O–H groups in total. The van der Waals surface area contributed by atoms with Crippen LogP contribution in [0.3, 0.4) is 0 Å². The molecule has 1 aliphatic rings. The summed E-state index contributed by atoms with van der Waals surface area (Å²) in [6, 6.07) is 9.18. The van der Waals surface area contributed by atoms with Gasteiger partial charge in [0.25, 0.3) is 0 Å². The van der Waals surface area contributed by atoms with Crippen LogP contribution in [0.2, 0.25) is 0 Å². The van der Waals surface area contributed by atoms with Gasteiger partial charge in [-0.3, -0.25) is 0 Å². The zero-order valence-electron chi connectivity index (χ0n) is 12.9. The van der Waals surface area contributed by atoms with E-state index in [0.29, 0.717) is 30.3 Å². The van der Waals surface area contributed by atoms with Gasteiger partial charge in [-0.05, 0) is 42.0 Å². The first kappa shape index (κ1) is 15.9. The topological polar surface area (TPSA) is 66.5 Å². The Bertz CT molecular complexity index is 981. The molecule has 4 rings (SSSR count). The molecular weight excluding hydrogens is 395 g/mol. The maximum Gasteiger partial charge on any atom is 0.437 e. The van der Waals surface area contributed by atoms with E-state index in [9.17, 15) is 9.18 Å². The summed E-state index contributed by atoms with van der Waals surface area (Å²) in [5.41, 5.74) is 1.32. The number of hydrogen-bond acceptors (Lipinski definition) is 5. The molecule has 1 aromatic heterocycles. The molecule has 2 aromatic carbocycles. The largest absolute Gasteiger partial charge is 0.486 e. The Kier molecular flexibility index (Phi) is 4.04. The van der Waals surface area contributed by atoms with E-state index < -0.39 is 5.76 Å². The van der Waals surface area contributed by atoms with Gasteiger partial charge in [-0.2, -0.15) is 4.68 Å². The van der Waals surface area contributed by atoms with Crippen molar-refractivity contribution in [2.75, 3.05) is 13.2 Å². The van der Waals surface area contributed by atoms with Gasteiger partial charge < -0.3 is 13.9 Å². The van der Waals surface area contributed by atoms with Crippen LogP contribution in [0.4, 0.5) is 4.39 Å². The van der Waals surface area contributed by atoms with Gasteiger partial charge in [0.05, 0.1) is 6.54 Å². The lowest BCUT2D eigenvalue weighted by molar-refractivity contribution is 0.171. The first-order chi connectivity index (χ1) is 12.1. The van der Waals surface area contributed by atoms with Crippen LogP contribution in [-0.4, -0.2) is 23.0 Å². The fourth-order valence-corrected chi connectivity index (χ4v) is 2.95. The minimum atomic E-state index is -0.596. The predicted molar refractivity (Wildman–Crippen MR) is 90.4 cm³/mol. The van der Waals surface area contributed by atoms with Crippen molar-refractivity contribution in [1.29, 1.82) is 0 Å². The number of halogens is 2. The van der Waals surface area contributed by atoms with E-state index >= 15 is 0 Å². The minimum absolute atomic E-state index is 0.138. The average Bonchev–Trinajstić information content (AvgIpc) is 2.97. The summed E-state index contributed by atoms with van der Waals surface area (Å²) < 4.78 is 31.2. The van der Waals surface area contributed by atoms with Crippen LogP contribution in [0.1, 0.15) is 5.56 Å². The van der Waals surface area contributed by atoms with Crippen LogP contribution in [0.5, 0.6) is 11.5 Å². The van der Waals surface area contributed by atoms with Gasteiger partial charge in [-0.15, -0.1) is 5.10 Å². The van der Waals surface area contributed by atoms with E-state index in [1.165, 1.54) is 28.9 Å². The number of aromatic nitrogens is 2. The summed E-state index contributed by atoms with van der Waals surface area (Å²) >= 11 is 3.47. The zero-order valence-corrected chi connectivity index (χ0v) is 14.5. The molecule has 0 spiro atoms. The Hall–Kier alpha value is -2.61. The van der Waals surface area contributed by atoms with Crippen molar-refractivity contribution in [3.63, 3.8) is 0 Å². The quantitative estimate of drug-likeness (QED) is 0.667. The van der Waals surface area contributed by atoms with Crippen LogP contribution in [0.25, 0.3) is 11.5 Å². The van der Waals surface area contributed by atoms with Crippen molar-refractivity contribution >= 4 is 15.9 Å². The fourth-order valence-electron chi connectivity index (χ4n) is 2.50. The van der Waals surface area contributed by atoms with Gasteiger partial charge >= 0.3 is 5.76 Å². The second-order valence-corrected chi connectivity index (χ2v) is 6.28. The van der Waals surface area contributed by atoms with E-state index in [1.54, 1.807) is 12.1 Å². The number of benzene rings is 2. The summed E-state index contributed by atoms with van der Waals surface area (Å²) in [6.45, 7) is 1.18. The molecule has 0 aliphatic carbocycles. The van der Waals surface area contributed by atoms with E-state index in [1.807, 2.05) is 0 Å². The summed E-state index contributed by atoms with van der Waals surface area (Å²) in [7, 11) is 0. The summed E-state index contributed by atoms with van der Waals surface area (Å²) in [5.74, 6) is 0.451. The predicted octanol–water partition coefficient (Wildman–Crippen LogP) is 3.22. The number of rotatable bonds is 3. The molecule has 0 fully saturated rings. The number of ether oxygens (including phenoxy) is 2. The Labute approximate surface area is 149 Å². The van der Waals surface area contributed by atoms with Gasteiger partial charge in [0.2, 0.25) is 5.89 Å². The van der Waals surface area contributed by atoms with Crippen LogP contribution in [0.15, 0.2) is 50.1 Å². The number of nitrogens with zero attached hydrogens (tertiary/aromatic N) is 2. The fraction of sp³-hybridized carbons (Fsp3) is 0.176. The molecule has 0 atom stereocenters. The molecule has 0 radical (unpaired) electrons. The SMILES string of the molecule is O=c1oc(-c2ccc(F)cc2)nn1Cc1cc2c(cc1Br)OCCO2. The molecule has 25 heavy (non-hydrogen) atoms. The van der Waals surface area contributed by atoms with Gasteiger partial charge in [0.1, 0.15) is 19.0 Å². The number of hydrogen-bond donors (Lipinski definition) is 0. The van der Waals surface area contributed by atoms with Crippen molar-refractivity contribution in [3.8, 4) is 23.0 Å². The van der Waals surface area contributed by atoms with Crippen LogP contribution < -0.4 is 15.2 Å². The maximum atomic E-state index is 13.0. The van der Waals surface area contributed by atoms with Crippen molar-refractivity contribution in [2.24, 2.45) is 0 Å². The molecular formula is C17H12BrFN2O4. The molecule has 2 heterocycles. The first-order valence-corrected chi connectivity index (χ1v) is 8.31. The smallest absolute Gasteiger partial charge is 0.437 e. The molecule has 0 saturated heterocycles. The van der Waals surface area contributed by atoms with Crippen molar-refractivity contribution in [1.82, 2.24) is 9.78 Å². The molecule has 0 amide bonds. The summed E-state index contributed by atoms with van der Waals surface area (Å²) in [4.78, 5) is 12.1. The summed E-state index contributed by atoms with van der Waals surface area (Å²) in [6.07, 6.45) is 0. The first-order valence-electron chi connectivity index (χ1n) is 7.52. The Morgan fingerprint density at radius 2 is 1.80 bits per heavy atom. The molecule has 0 saturated carbocycles. The highest BCUT2D eigenvalue weighted by Crippen LogP contribution is 2.35. The monoisotopic (exact) mass is 406 g/mol. The van der Waals surface area contributed by atoms with Gasteiger partial charge in [-0.1, -0.05) is 15.9 Å². The Morgan fingerprint density at radius 3 is 2.52 bits per heavy atom. The molecule has 8 heteroatoms. The van der Waals surface area contributed by atoms with Crippen LogP contribution in [-0.2, 0) is 6.54 Å². The van der Waals surface area contributed by atoms with E-state index in [-0.39, 0.29) is 18.3 Å². The van der Waals surface area contributed by atoms with E-state index in [2.05, 4.69) is 21.0 Å². The molecule has 6 nitrogen and oxygen atoms in total. The maximum absolute atomic E-state index is 13.0. The average molecular weight is 407 g/mol. The Balaban J connectivity index is 1.65. The lowest BCUT2D eigenvalue weighted by atomic mass is 10.2. The summed E-state index contributed by atoms with van der Waals surface area (Å²) in [5, 5.41) is 4.18. The molecule has 3 aromatic rings. The van der Waals surface area contributed by atoms with E-state index in [4.69, 9.17) is 13.9 Å². The van der Waals surface area contributed by atoms with Crippen molar-refractivity contribution < 1.29 is 18.3 Å². The van der Waals surface area contributed by atoms with Crippen molar-refractivity contribution in [2.45, 2.75) is 6.54 Å². The molecule has 1 aliphatic heterocycles. The lowest BCUT2D eigenvalue weighted by Gasteiger charge is -2.19. The Morgan fingerprint density at radius 1 is 1.12 bits per heavy atom. The zero-order chi connectivity index (χ0) is 17.4. The standard InChI is InChI=1S/C17H12BrFN2O4/c18-13-8-15-14(23-5-6-24-15)7-11(13)9-21-17(22)25-16(20-21)10-1-3-12(19)4-2-10/h1-4,7-8H,5-6,9H2. The normalized spacial score (nSPS) is 13.0. The highest BCUT2D eigenvalue weighted by molar-refractivity contribution is 9.10. The second-order valence-electron chi connectivity index (χ2n) is 5.42. The van der Waals surface area contributed by atoms with Crippen molar-refractivity contribution in [3.05, 3.63) is 62.8 Å².